The van der Waals surface area contributed by atoms with Gasteiger partial charge in [-0.15, -0.1) is 0 Å². The molecule has 1 atom stereocenters. The van der Waals surface area contributed by atoms with Crippen LogP contribution in [0.5, 0.6) is 0 Å². The molecule has 1 amide bonds. The molecule has 8 heteroatoms. The maximum atomic E-state index is 12.8. The highest BCUT2D eigenvalue weighted by Crippen LogP contribution is 2.30. The van der Waals surface area contributed by atoms with E-state index < -0.39 is 23.7 Å². The molecule has 3 aromatic rings. The second kappa shape index (κ2) is 7.22. The molecule has 2 aromatic carbocycles. The molecule has 0 aliphatic carbocycles. The van der Waals surface area contributed by atoms with Crippen molar-refractivity contribution in [3.63, 3.8) is 0 Å². The number of halogens is 3. The number of para-hydroxylation sites is 1. The summed E-state index contributed by atoms with van der Waals surface area (Å²) in [6.07, 6.45) is -3.18. The fraction of sp³-hybridized carbons (Fsp3) is 0.211. The Labute approximate surface area is 152 Å². The Morgan fingerprint density at radius 3 is 2.67 bits per heavy atom. The average molecular weight is 375 g/mol. The molecule has 0 bridgehead atoms. The van der Waals surface area contributed by atoms with E-state index in [1.165, 1.54) is 18.5 Å². The number of nitrogens with one attached hydrogen (secondary N) is 1. The Balaban J connectivity index is 1.75. The minimum Gasteiger partial charge on any atom is -0.348 e. The van der Waals surface area contributed by atoms with Gasteiger partial charge in [0.1, 0.15) is 6.54 Å². The van der Waals surface area contributed by atoms with Gasteiger partial charge in [0, 0.05) is 0 Å². The molecule has 1 N–H and O–H groups in total. The first kappa shape index (κ1) is 18.6. The Morgan fingerprint density at radius 1 is 1.19 bits per heavy atom. The predicted molar refractivity (Wildman–Crippen MR) is 94.0 cm³/mol. The van der Waals surface area contributed by atoms with E-state index in [0.29, 0.717) is 16.5 Å². The lowest BCUT2D eigenvalue weighted by Crippen LogP contribution is -2.34. The zero-order valence-electron chi connectivity index (χ0n) is 14.3. The molecule has 5 nitrogen and oxygen atoms in total. The lowest BCUT2D eigenvalue weighted by molar-refractivity contribution is -0.137. The Bertz CT molecular complexity index is 1040. The molecule has 0 fully saturated rings. The number of carbonyl (C=O) groups is 1. The number of hydrogen-bond donors (Lipinski definition) is 1. The van der Waals surface area contributed by atoms with Crippen molar-refractivity contribution in [3.05, 3.63) is 76.3 Å². The van der Waals surface area contributed by atoms with E-state index in [9.17, 15) is 22.8 Å². The van der Waals surface area contributed by atoms with Gasteiger partial charge in [-0.1, -0.05) is 24.3 Å². The molecule has 1 aromatic heterocycles. The first-order chi connectivity index (χ1) is 12.8. The van der Waals surface area contributed by atoms with Gasteiger partial charge in [-0.2, -0.15) is 13.2 Å². The van der Waals surface area contributed by atoms with Crippen LogP contribution in [0.1, 0.15) is 24.1 Å². The van der Waals surface area contributed by atoms with Crippen LogP contribution in [0.15, 0.2) is 59.7 Å². The molecule has 0 aliphatic heterocycles. The van der Waals surface area contributed by atoms with Crippen molar-refractivity contribution in [2.45, 2.75) is 25.7 Å². The quantitative estimate of drug-likeness (QED) is 0.761. The summed E-state index contributed by atoms with van der Waals surface area (Å²) in [4.78, 5) is 28.8. The number of rotatable bonds is 4. The van der Waals surface area contributed by atoms with E-state index in [2.05, 4.69) is 10.3 Å². The third kappa shape index (κ3) is 4.16. The number of alkyl halides is 3. The summed E-state index contributed by atoms with van der Waals surface area (Å²) in [6, 6.07) is 10.9. The van der Waals surface area contributed by atoms with E-state index in [1.807, 2.05) is 0 Å². The normalized spacial score (nSPS) is 12.7. The molecule has 0 saturated carbocycles. The monoisotopic (exact) mass is 375 g/mol. The first-order valence-electron chi connectivity index (χ1n) is 8.16. The molecule has 0 radical (unpaired) electrons. The summed E-state index contributed by atoms with van der Waals surface area (Å²) in [5, 5.41) is 2.99. The second-order valence-electron chi connectivity index (χ2n) is 6.11. The highest BCUT2D eigenvalue weighted by Gasteiger charge is 2.30. The summed E-state index contributed by atoms with van der Waals surface area (Å²) in [5.74, 6) is -0.501. The van der Waals surface area contributed by atoms with E-state index in [-0.39, 0.29) is 12.1 Å². The highest BCUT2D eigenvalue weighted by atomic mass is 19.4. The molecule has 27 heavy (non-hydrogen) atoms. The van der Waals surface area contributed by atoms with E-state index in [1.54, 1.807) is 31.2 Å². The number of nitrogens with zero attached hydrogens (tertiary/aromatic N) is 2. The van der Waals surface area contributed by atoms with Crippen molar-refractivity contribution >= 4 is 16.8 Å². The van der Waals surface area contributed by atoms with Crippen molar-refractivity contribution in [2.75, 3.05) is 0 Å². The highest BCUT2D eigenvalue weighted by molar-refractivity contribution is 5.79. The Kier molecular flexibility index (Phi) is 4.98. The van der Waals surface area contributed by atoms with Crippen molar-refractivity contribution in [1.29, 1.82) is 0 Å². The van der Waals surface area contributed by atoms with Gasteiger partial charge < -0.3 is 5.32 Å². The van der Waals surface area contributed by atoms with Gasteiger partial charge in [-0.05, 0) is 36.8 Å². The maximum Gasteiger partial charge on any atom is 0.416 e. The fourth-order valence-electron chi connectivity index (χ4n) is 2.73. The summed E-state index contributed by atoms with van der Waals surface area (Å²) < 4.78 is 39.6. The van der Waals surface area contributed by atoms with Crippen LogP contribution in [-0.4, -0.2) is 15.5 Å². The number of carbonyl (C=O) groups excluding carboxylic acids is 1. The lowest BCUT2D eigenvalue weighted by Gasteiger charge is -2.16. The van der Waals surface area contributed by atoms with Crippen molar-refractivity contribution in [1.82, 2.24) is 14.9 Å². The molecule has 140 valence electrons. The molecule has 3 rings (SSSR count). The average Bonchev–Trinajstić information content (AvgIpc) is 2.63. The first-order valence-corrected chi connectivity index (χ1v) is 8.16. The van der Waals surface area contributed by atoms with Crippen LogP contribution in [0.25, 0.3) is 10.9 Å². The zero-order chi connectivity index (χ0) is 19.6. The van der Waals surface area contributed by atoms with Crippen LogP contribution in [0.4, 0.5) is 13.2 Å². The van der Waals surface area contributed by atoms with Crippen LogP contribution >= 0.6 is 0 Å². The van der Waals surface area contributed by atoms with Gasteiger partial charge in [-0.3, -0.25) is 14.2 Å². The largest absolute Gasteiger partial charge is 0.416 e. The molecule has 1 unspecified atom stereocenters. The Hall–Kier alpha value is -3.16. The summed E-state index contributed by atoms with van der Waals surface area (Å²) in [6.45, 7) is 1.30. The van der Waals surface area contributed by atoms with Crippen LogP contribution < -0.4 is 10.9 Å². The molecule has 0 saturated heterocycles. The maximum absolute atomic E-state index is 12.8. The third-order valence-corrected chi connectivity index (χ3v) is 4.14. The fourth-order valence-corrected chi connectivity index (χ4v) is 2.73. The predicted octanol–water partition coefficient (Wildman–Crippen LogP) is 3.29. The number of hydrogen-bond acceptors (Lipinski definition) is 3. The van der Waals surface area contributed by atoms with Crippen LogP contribution in [0.2, 0.25) is 0 Å². The van der Waals surface area contributed by atoms with E-state index in [0.717, 1.165) is 16.7 Å². The van der Waals surface area contributed by atoms with Crippen LogP contribution in [0, 0.1) is 0 Å². The molecular formula is C19H16F3N3O2. The summed E-state index contributed by atoms with van der Waals surface area (Å²) in [5.41, 5.74) is -0.294. The zero-order valence-corrected chi connectivity index (χ0v) is 14.3. The van der Waals surface area contributed by atoms with Gasteiger partial charge >= 0.3 is 6.18 Å². The third-order valence-electron chi connectivity index (χ3n) is 4.14. The van der Waals surface area contributed by atoms with Gasteiger partial charge in [0.05, 0.1) is 28.8 Å². The molecule has 0 spiro atoms. The molecular weight excluding hydrogens is 359 g/mol. The number of aromatic nitrogens is 2. The second-order valence-corrected chi connectivity index (χ2v) is 6.11. The topological polar surface area (TPSA) is 64.0 Å². The van der Waals surface area contributed by atoms with Crippen LogP contribution in [0.3, 0.4) is 0 Å². The van der Waals surface area contributed by atoms with Gasteiger partial charge in [-0.25, -0.2) is 4.98 Å². The van der Waals surface area contributed by atoms with Crippen molar-refractivity contribution < 1.29 is 18.0 Å². The standard InChI is InChI=1S/C19H16F3N3O2/c1-12(13-5-4-6-14(9-13)19(20,21)22)24-17(26)10-25-11-23-16-8-3-2-7-15(16)18(25)27/h2-9,11-12H,10H2,1H3,(H,24,26). The van der Waals surface area contributed by atoms with Gasteiger partial charge in [0.15, 0.2) is 0 Å². The minimum absolute atomic E-state index is 0.278. The molecule has 0 aliphatic rings. The summed E-state index contributed by atoms with van der Waals surface area (Å²) in [7, 11) is 0. The summed E-state index contributed by atoms with van der Waals surface area (Å²) >= 11 is 0. The SMILES string of the molecule is CC(NC(=O)Cn1cnc2ccccc2c1=O)c1cccc(C(F)(F)F)c1. The van der Waals surface area contributed by atoms with Crippen LogP contribution in [-0.2, 0) is 17.5 Å². The van der Waals surface area contributed by atoms with Crippen molar-refractivity contribution in [3.8, 4) is 0 Å². The Morgan fingerprint density at radius 2 is 1.93 bits per heavy atom. The van der Waals surface area contributed by atoms with Gasteiger partial charge in [0.25, 0.3) is 5.56 Å². The lowest BCUT2D eigenvalue weighted by atomic mass is 10.0. The smallest absolute Gasteiger partial charge is 0.348 e. The number of amides is 1. The number of fused-ring (bicyclic) bond motifs is 1. The van der Waals surface area contributed by atoms with E-state index >= 15 is 0 Å². The van der Waals surface area contributed by atoms with E-state index in [4.69, 9.17) is 0 Å². The van der Waals surface area contributed by atoms with Crippen molar-refractivity contribution in [2.24, 2.45) is 0 Å². The van der Waals surface area contributed by atoms with Gasteiger partial charge in [0.2, 0.25) is 5.91 Å². The minimum atomic E-state index is -4.45. The molecule has 1 heterocycles. The number of benzene rings is 2.